The highest BCUT2D eigenvalue weighted by molar-refractivity contribution is 9.10. The van der Waals surface area contributed by atoms with Gasteiger partial charge in [-0.15, -0.1) is 11.3 Å². The highest BCUT2D eigenvalue weighted by atomic mass is 79.9. The Morgan fingerprint density at radius 3 is 3.12 bits per heavy atom. The first kappa shape index (κ1) is 13.5. The zero-order valence-corrected chi connectivity index (χ0v) is 12.8. The smallest absolute Gasteiger partial charge is 0.0342 e. The highest BCUT2D eigenvalue weighted by Crippen LogP contribution is 2.27. The largest absolute Gasteiger partial charge is 0.315 e. The number of hydrogen-bond donors (Lipinski definition) is 1. The lowest BCUT2D eigenvalue weighted by molar-refractivity contribution is 0.139. The van der Waals surface area contributed by atoms with Crippen LogP contribution in [0.25, 0.3) is 0 Å². The molecular formula is C13H21BrN2S. The van der Waals surface area contributed by atoms with Crippen LogP contribution in [-0.2, 0) is 6.54 Å². The molecule has 1 unspecified atom stereocenters. The van der Waals surface area contributed by atoms with E-state index in [0.717, 1.165) is 25.7 Å². The van der Waals surface area contributed by atoms with Gasteiger partial charge in [-0.3, -0.25) is 4.90 Å². The Morgan fingerprint density at radius 1 is 1.53 bits per heavy atom. The van der Waals surface area contributed by atoms with E-state index in [2.05, 4.69) is 44.5 Å². The van der Waals surface area contributed by atoms with Crippen molar-refractivity contribution in [1.82, 2.24) is 10.2 Å². The molecule has 0 spiro atoms. The van der Waals surface area contributed by atoms with E-state index in [1.165, 1.54) is 35.2 Å². The van der Waals surface area contributed by atoms with Crippen molar-refractivity contribution in [3.63, 3.8) is 0 Å². The number of rotatable bonds is 5. The third-order valence-corrected chi connectivity index (χ3v) is 5.33. The van der Waals surface area contributed by atoms with Crippen LogP contribution in [0.4, 0.5) is 0 Å². The fraction of sp³-hybridized carbons (Fsp3) is 0.692. The number of thiophene rings is 1. The molecule has 17 heavy (non-hydrogen) atoms. The van der Waals surface area contributed by atoms with Gasteiger partial charge in [-0.05, 0) is 53.3 Å². The molecule has 0 radical (unpaired) electrons. The van der Waals surface area contributed by atoms with Crippen LogP contribution >= 0.6 is 27.3 Å². The van der Waals surface area contributed by atoms with Crippen molar-refractivity contribution < 1.29 is 0 Å². The maximum atomic E-state index is 3.63. The predicted octanol–water partition coefficient (Wildman–Crippen LogP) is 3.47. The van der Waals surface area contributed by atoms with E-state index < -0.39 is 0 Å². The van der Waals surface area contributed by atoms with E-state index in [4.69, 9.17) is 0 Å². The summed E-state index contributed by atoms with van der Waals surface area (Å²) in [6.07, 6.45) is 4.08. The van der Waals surface area contributed by atoms with Gasteiger partial charge >= 0.3 is 0 Å². The zero-order chi connectivity index (χ0) is 12.1. The normalized spacial score (nSPS) is 21.9. The van der Waals surface area contributed by atoms with Crippen molar-refractivity contribution in [3.8, 4) is 0 Å². The molecule has 1 N–H and O–H groups in total. The molecule has 0 amide bonds. The topological polar surface area (TPSA) is 15.3 Å². The Morgan fingerprint density at radius 2 is 2.41 bits per heavy atom. The van der Waals surface area contributed by atoms with E-state index >= 15 is 0 Å². The molecule has 2 heterocycles. The molecule has 1 aromatic rings. The van der Waals surface area contributed by atoms with Crippen LogP contribution in [0, 0.1) is 0 Å². The summed E-state index contributed by atoms with van der Waals surface area (Å²) in [6, 6.07) is 2.88. The lowest BCUT2D eigenvalue weighted by Crippen LogP contribution is -2.44. The van der Waals surface area contributed by atoms with Gasteiger partial charge in [-0.25, -0.2) is 0 Å². The molecule has 2 nitrogen and oxygen atoms in total. The minimum Gasteiger partial charge on any atom is -0.315 e. The Labute approximate surface area is 117 Å². The van der Waals surface area contributed by atoms with Gasteiger partial charge in [0.2, 0.25) is 0 Å². The fourth-order valence-corrected chi connectivity index (χ4v) is 3.93. The number of piperidine rings is 1. The van der Waals surface area contributed by atoms with E-state index in [1.807, 2.05) is 11.3 Å². The zero-order valence-electron chi connectivity index (χ0n) is 10.4. The van der Waals surface area contributed by atoms with Gasteiger partial charge in [0.05, 0.1) is 0 Å². The fourth-order valence-electron chi connectivity index (χ4n) is 2.43. The average Bonchev–Trinajstić information content (AvgIpc) is 2.74. The van der Waals surface area contributed by atoms with E-state index in [1.54, 1.807) is 0 Å². The monoisotopic (exact) mass is 316 g/mol. The molecule has 1 aromatic heterocycles. The molecular weight excluding hydrogens is 296 g/mol. The standard InChI is InChI=1S/C13H21BrN2S/c1-2-15-9-11-5-3-4-7-16(11)10-13-12(14)6-8-17-13/h6,8,11,15H,2-5,7,9-10H2,1H3. The number of nitrogens with one attached hydrogen (secondary N) is 1. The molecule has 4 heteroatoms. The summed E-state index contributed by atoms with van der Waals surface area (Å²) >= 11 is 5.49. The molecule has 1 fully saturated rings. The third kappa shape index (κ3) is 3.78. The van der Waals surface area contributed by atoms with Crippen LogP contribution in [0.1, 0.15) is 31.1 Å². The number of nitrogens with zero attached hydrogens (tertiary/aromatic N) is 1. The average molecular weight is 317 g/mol. The third-order valence-electron chi connectivity index (χ3n) is 3.42. The maximum absolute atomic E-state index is 3.63. The first-order valence-electron chi connectivity index (χ1n) is 6.48. The maximum Gasteiger partial charge on any atom is 0.0342 e. The van der Waals surface area contributed by atoms with Crippen molar-refractivity contribution in [1.29, 1.82) is 0 Å². The summed E-state index contributed by atoms with van der Waals surface area (Å²) in [5.41, 5.74) is 0. The van der Waals surface area contributed by atoms with Gasteiger partial charge in [0.1, 0.15) is 0 Å². The van der Waals surface area contributed by atoms with Crippen molar-refractivity contribution in [3.05, 3.63) is 20.8 Å². The summed E-state index contributed by atoms with van der Waals surface area (Å²) in [4.78, 5) is 4.11. The summed E-state index contributed by atoms with van der Waals surface area (Å²) < 4.78 is 1.27. The summed E-state index contributed by atoms with van der Waals surface area (Å²) in [7, 11) is 0. The second-order valence-corrected chi connectivity index (χ2v) is 6.47. The summed E-state index contributed by atoms with van der Waals surface area (Å²) in [5.74, 6) is 0. The second-order valence-electron chi connectivity index (χ2n) is 4.62. The van der Waals surface area contributed by atoms with Gasteiger partial charge in [0.15, 0.2) is 0 Å². The minimum absolute atomic E-state index is 0.720. The number of halogens is 1. The Hall–Kier alpha value is 0.100. The molecule has 1 atom stereocenters. The molecule has 1 aliphatic heterocycles. The van der Waals surface area contributed by atoms with Crippen LogP contribution in [0.2, 0.25) is 0 Å². The van der Waals surface area contributed by atoms with Crippen LogP contribution in [0.3, 0.4) is 0 Å². The second kappa shape index (κ2) is 6.88. The quantitative estimate of drug-likeness (QED) is 0.894. The first-order valence-corrected chi connectivity index (χ1v) is 8.15. The first-order chi connectivity index (χ1) is 8.31. The predicted molar refractivity (Wildman–Crippen MR) is 78.6 cm³/mol. The Bertz CT molecular complexity index is 340. The molecule has 0 saturated carbocycles. The van der Waals surface area contributed by atoms with Crippen LogP contribution < -0.4 is 5.32 Å². The Kier molecular flexibility index (Phi) is 5.48. The molecule has 96 valence electrons. The van der Waals surface area contributed by atoms with E-state index in [0.29, 0.717) is 0 Å². The molecule has 1 aliphatic rings. The molecule has 2 rings (SSSR count). The van der Waals surface area contributed by atoms with Crippen molar-refractivity contribution in [2.75, 3.05) is 19.6 Å². The number of likely N-dealkylation sites (tertiary alicyclic amines) is 1. The summed E-state index contributed by atoms with van der Waals surface area (Å²) in [6.45, 7) is 6.75. The van der Waals surface area contributed by atoms with Gasteiger partial charge in [-0.2, -0.15) is 0 Å². The van der Waals surface area contributed by atoms with E-state index in [-0.39, 0.29) is 0 Å². The van der Waals surface area contributed by atoms with Crippen LogP contribution in [0.5, 0.6) is 0 Å². The van der Waals surface area contributed by atoms with Crippen molar-refractivity contribution in [2.45, 2.75) is 38.8 Å². The van der Waals surface area contributed by atoms with Gasteiger partial charge in [-0.1, -0.05) is 13.3 Å². The highest BCUT2D eigenvalue weighted by Gasteiger charge is 2.22. The lowest BCUT2D eigenvalue weighted by atomic mass is 10.0. The molecule has 1 saturated heterocycles. The van der Waals surface area contributed by atoms with Crippen molar-refractivity contribution in [2.24, 2.45) is 0 Å². The Balaban J connectivity index is 1.94. The lowest BCUT2D eigenvalue weighted by Gasteiger charge is -2.35. The van der Waals surface area contributed by atoms with Gasteiger partial charge < -0.3 is 5.32 Å². The van der Waals surface area contributed by atoms with Crippen LogP contribution in [-0.4, -0.2) is 30.6 Å². The van der Waals surface area contributed by atoms with Crippen LogP contribution in [0.15, 0.2) is 15.9 Å². The molecule has 0 aromatic carbocycles. The number of likely N-dealkylation sites (N-methyl/N-ethyl adjacent to an activating group) is 1. The van der Waals surface area contributed by atoms with E-state index in [9.17, 15) is 0 Å². The van der Waals surface area contributed by atoms with Gasteiger partial charge in [0.25, 0.3) is 0 Å². The SMILES string of the molecule is CCNCC1CCCCN1Cc1sccc1Br. The minimum atomic E-state index is 0.720. The molecule has 0 bridgehead atoms. The van der Waals surface area contributed by atoms with Crippen molar-refractivity contribution >= 4 is 27.3 Å². The number of hydrogen-bond acceptors (Lipinski definition) is 3. The van der Waals surface area contributed by atoms with Gasteiger partial charge in [0, 0.05) is 28.5 Å². The molecule has 0 aliphatic carbocycles. The summed E-state index contributed by atoms with van der Waals surface area (Å²) in [5, 5.41) is 5.66.